The average Bonchev–Trinajstić information content (AvgIpc) is 2.87. The van der Waals surface area contributed by atoms with Gasteiger partial charge < -0.3 is 9.47 Å². The van der Waals surface area contributed by atoms with E-state index in [0.29, 0.717) is 13.8 Å². The first-order valence-corrected chi connectivity index (χ1v) is 15.2. The molecule has 0 aromatic heterocycles. The van der Waals surface area contributed by atoms with E-state index in [1.807, 2.05) is 0 Å². The third-order valence-electron chi connectivity index (χ3n) is 6.11. The van der Waals surface area contributed by atoms with Crippen LogP contribution in [0.5, 0.6) is 5.75 Å². The van der Waals surface area contributed by atoms with Gasteiger partial charge in [0.25, 0.3) is 20.2 Å². The van der Waals surface area contributed by atoms with Crippen molar-refractivity contribution in [2.24, 2.45) is 0 Å². The van der Waals surface area contributed by atoms with Crippen molar-refractivity contribution < 1.29 is 48.7 Å². The van der Waals surface area contributed by atoms with Crippen LogP contribution in [-0.2, 0) is 25.0 Å². The minimum absolute atomic E-state index is 0.0245. The number of benzene rings is 2. The molecular formula is C24H30F4N4O7S2. The number of carbonyl (C=O) groups excluding carboxylic acids is 1. The van der Waals surface area contributed by atoms with E-state index in [1.165, 1.54) is 12.1 Å². The van der Waals surface area contributed by atoms with Gasteiger partial charge in [-0.25, -0.2) is 17.6 Å². The molecule has 228 valence electrons. The van der Waals surface area contributed by atoms with Gasteiger partial charge >= 0.3 is 12.3 Å². The van der Waals surface area contributed by atoms with Crippen molar-refractivity contribution in [3.05, 3.63) is 48.3 Å². The molecule has 11 nitrogen and oxygen atoms in total. The summed E-state index contributed by atoms with van der Waals surface area (Å²) in [6.45, 7) is 4.32. The fourth-order valence-electron chi connectivity index (χ4n) is 3.74. The lowest BCUT2D eigenvalue weighted by Gasteiger charge is -2.36. The molecular weight excluding hydrogens is 596 g/mol. The van der Waals surface area contributed by atoms with Crippen LogP contribution in [0.25, 0.3) is 0 Å². The first kappa shape index (κ1) is 32.4. The number of hydrogen-bond donors (Lipinski definition) is 2. The van der Waals surface area contributed by atoms with Crippen molar-refractivity contribution in [2.45, 2.75) is 50.5 Å². The molecule has 1 aliphatic rings. The Kier molecular flexibility index (Phi) is 9.46. The van der Waals surface area contributed by atoms with Crippen molar-refractivity contribution in [3.63, 3.8) is 0 Å². The summed E-state index contributed by atoms with van der Waals surface area (Å²) < 4.78 is 120. The number of hydrogen-bond acceptors (Lipinski definition) is 7. The summed E-state index contributed by atoms with van der Waals surface area (Å²) >= 11 is 0. The van der Waals surface area contributed by atoms with Crippen molar-refractivity contribution in [3.8, 4) is 5.75 Å². The van der Waals surface area contributed by atoms with Crippen LogP contribution < -0.4 is 19.1 Å². The Morgan fingerprint density at radius 3 is 2.24 bits per heavy atom. The number of nitrogens with one attached hydrogen (secondary N) is 2. The van der Waals surface area contributed by atoms with E-state index in [9.17, 15) is 39.2 Å². The number of anilines is 2. The Balaban J connectivity index is 1.95. The van der Waals surface area contributed by atoms with Gasteiger partial charge in [0.1, 0.15) is 17.7 Å². The van der Waals surface area contributed by atoms with Crippen LogP contribution >= 0.6 is 0 Å². The van der Waals surface area contributed by atoms with Crippen molar-refractivity contribution in [2.75, 3.05) is 35.8 Å². The lowest BCUT2D eigenvalue weighted by Crippen LogP contribution is -2.50. The maximum Gasteiger partial charge on any atom is 0.427 e. The highest BCUT2D eigenvalue weighted by atomic mass is 32.2. The minimum atomic E-state index is -4.85. The molecule has 2 N–H and O–H groups in total. The summed E-state index contributed by atoms with van der Waals surface area (Å²) in [5.41, 5.74) is -3.03. The third kappa shape index (κ3) is 7.38. The summed E-state index contributed by atoms with van der Waals surface area (Å²) in [6.07, 6.45) is -7.31. The zero-order valence-electron chi connectivity index (χ0n) is 22.5. The maximum absolute atomic E-state index is 13.6. The minimum Gasteiger partial charge on any atom is -0.485 e. The molecule has 0 saturated carbocycles. The van der Waals surface area contributed by atoms with E-state index in [-0.39, 0.29) is 41.7 Å². The normalized spacial score (nSPS) is 16.2. The molecule has 1 aliphatic heterocycles. The maximum atomic E-state index is 13.6. The zero-order chi connectivity index (χ0) is 30.8. The topological polar surface area (TPSA) is 134 Å². The molecule has 41 heavy (non-hydrogen) atoms. The Morgan fingerprint density at radius 2 is 1.68 bits per heavy atom. The van der Waals surface area contributed by atoms with Gasteiger partial charge in [-0.05, 0) is 56.3 Å². The van der Waals surface area contributed by atoms with E-state index < -0.39 is 56.6 Å². The largest absolute Gasteiger partial charge is 0.485 e. The smallest absolute Gasteiger partial charge is 0.427 e. The van der Waals surface area contributed by atoms with Crippen LogP contribution in [0.15, 0.2) is 47.4 Å². The summed E-state index contributed by atoms with van der Waals surface area (Å²) in [6, 6.07) is 7.62. The van der Waals surface area contributed by atoms with E-state index >= 15 is 0 Å². The number of halogens is 4. The third-order valence-corrected chi connectivity index (χ3v) is 9.63. The Bertz CT molecular complexity index is 1460. The van der Waals surface area contributed by atoms with Gasteiger partial charge in [0.2, 0.25) is 5.60 Å². The summed E-state index contributed by atoms with van der Waals surface area (Å²) in [5.74, 6) is -0.703. The van der Waals surface area contributed by atoms with Crippen LogP contribution in [0.4, 0.5) is 33.7 Å². The molecule has 2 aromatic carbocycles. The van der Waals surface area contributed by atoms with Gasteiger partial charge in [-0.1, -0.05) is 13.8 Å². The number of carbonyl (C=O) groups is 1. The molecule has 0 radical (unpaired) electrons. The molecule has 0 bridgehead atoms. The molecule has 0 aliphatic carbocycles. The van der Waals surface area contributed by atoms with Crippen molar-refractivity contribution in [1.82, 2.24) is 9.03 Å². The molecule has 3 rings (SSSR count). The van der Waals surface area contributed by atoms with Crippen molar-refractivity contribution in [1.29, 1.82) is 0 Å². The first-order valence-electron chi connectivity index (χ1n) is 12.3. The molecule has 1 amide bonds. The molecule has 1 heterocycles. The number of rotatable bonds is 10. The van der Waals surface area contributed by atoms with Crippen LogP contribution in [0.2, 0.25) is 0 Å². The van der Waals surface area contributed by atoms with Gasteiger partial charge in [-0.3, -0.25) is 9.62 Å². The number of sulfonamides is 1. The predicted octanol–water partition coefficient (Wildman–Crippen LogP) is 3.85. The second-order valence-corrected chi connectivity index (χ2v) is 13.0. The van der Waals surface area contributed by atoms with Crippen LogP contribution in [-0.4, -0.2) is 71.3 Å². The zero-order valence-corrected chi connectivity index (χ0v) is 24.2. The van der Waals surface area contributed by atoms with Crippen LogP contribution in [0, 0.1) is 5.82 Å². The van der Waals surface area contributed by atoms with Gasteiger partial charge in [0.15, 0.2) is 0 Å². The monoisotopic (exact) mass is 626 g/mol. The van der Waals surface area contributed by atoms with Gasteiger partial charge in [-0.2, -0.15) is 30.6 Å². The second-order valence-electron chi connectivity index (χ2n) is 9.37. The van der Waals surface area contributed by atoms with Crippen LogP contribution in [0.1, 0.15) is 27.7 Å². The number of nitrogens with zero attached hydrogens (tertiary/aromatic N) is 2. The molecule has 0 saturated heterocycles. The van der Waals surface area contributed by atoms with E-state index in [4.69, 9.17) is 4.74 Å². The highest BCUT2D eigenvalue weighted by Crippen LogP contribution is 2.39. The van der Waals surface area contributed by atoms with Gasteiger partial charge in [-0.15, -0.1) is 0 Å². The lowest BCUT2D eigenvalue weighted by molar-refractivity contribution is -0.242. The van der Waals surface area contributed by atoms with Gasteiger partial charge in [0, 0.05) is 18.8 Å². The average molecular weight is 627 g/mol. The molecule has 0 spiro atoms. The number of alkyl halides is 3. The highest BCUT2D eigenvalue weighted by Gasteiger charge is 2.51. The quantitative estimate of drug-likeness (QED) is 0.383. The van der Waals surface area contributed by atoms with Crippen molar-refractivity contribution >= 4 is 37.7 Å². The highest BCUT2D eigenvalue weighted by molar-refractivity contribution is 7.92. The number of ether oxygens (including phenoxy) is 2. The van der Waals surface area contributed by atoms with E-state index in [2.05, 4.69) is 14.8 Å². The molecule has 1 atom stereocenters. The summed E-state index contributed by atoms with van der Waals surface area (Å²) in [4.78, 5) is 11.9. The molecule has 0 unspecified atom stereocenters. The predicted molar refractivity (Wildman–Crippen MR) is 142 cm³/mol. The van der Waals surface area contributed by atoms with E-state index in [1.54, 1.807) is 13.8 Å². The Hall–Kier alpha value is -3.15. The van der Waals surface area contributed by atoms with E-state index in [0.717, 1.165) is 38.9 Å². The fraction of sp³-hybridized carbons (Fsp3) is 0.458. The Morgan fingerprint density at radius 1 is 1.07 bits per heavy atom. The number of amides is 1. The number of fused-ring (bicyclic) bond motifs is 1. The summed E-state index contributed by atoms with van der Waals surface area (Å²) in [7, 11) is -8.29. The standard InChI is InChI=1S/C24H30F4N4O7S2/c1-5-31(6-2)41(36,37)29-14-18-15-32(40(34,35)19-10-7-16(25)8-11-19)20-13-17(9-12-21(20)38-18)30-22(33)39-23(3,4)24(26,27)28/h7-13,18,29H,5-6,14-15H2,1-4H3,(H,30,33)/t18-/m0/s1. The fourth-order valence-corrected chi connectivity index (χ4v) is 6.50. The SMILES string of the molecule is CCN(CC)S(=O)(=O)NC[C@H]1CN(S(=O)(=O)c2ccc(F)cc2)c2cc(NC(=O)OC(C)(C)C(F)(F)F)ccc2O1. The molecule has 2 aromatic rings. The lowest BCUT2D eigenvalue weighted by atomic mass is 10.1. The Labute approximate surface area is 235 Å². The second kappa shape index (κ2) is 12.0. The first-order chi connectivity index (χ1) is 18.9. The molecule has 17 heteroatoms. The molecule has 0 fully saturated rings. The van der Waals surface area contributed by atoms with Gasteiger partial charge in [0.05, 0.1) is 23.7 Å². The van der Waals surface area contributed by atoms with Crippen LogP contribution in [0.3, 0.4) is 0 Å². The summed E-state index contributed by atoms with van der Waals surface area (Å²) in [5, 5.41) is 2.14.